The lowest BCUT2D eigenvalue weighted by Crippen LogP contribution is -2.36. The highest BCUT2D eigenvalue weighted by Crippen LogP contribution is 2.24. The SMILES string of the molecule is CC(C)N(Cc1ccc(Cl)c(Cl)c1)C(=O)c1ccco1. The van der Waals surface area contributed by atoms with Crippen LogP contribution in [0.5, 0.6) is 0 Å². The van der Waals surface area contributed by atoms with Crippen LogP contribution in [0.25, 0.3) is 0 Å². The summed E-state index contributed by atoms with van der Waals surface area (Å²) in [5.41, 5.74) is 0.924. The van der Waals surface area contributed by atoms with E-state index in [9.17, 15) is 4.79 Å². The van der Waals surface area contributed by atoms with Crippen LogP contribution in [0.4, 0.5) is 0 Å². The monoisotopic (exact) mass is 311 g/mol. The van der Waals surface area contributed by atoms with Crippen LogP contribution in [0.2, 0.25) is 10.0 Å². The number of hydrogen-bond acceptors (Lipinski definition) is 2. The Morgan fingerprint density at radius 2 is 2.00 bits per heavy atom. The fourth-order valence-corrected chi connectivity index (χ4v) is 2.19. The van der Waals surface area contributed by atoms with Gasteiger partial charge in [0.2, 0.25) is 0 Å². The molecule has 5 heteroatoms. The quantitative estimate of drug-likeness (QED) is 0.824. The molecule has 3 nitrogen and oxygen atoms in total. The first-order valence-corrected chi connectivity index (χ1v) is 7.03. The van der Waals surface area contributed by atoms with Gasteiger partial charge in [0.1, 0.15) is 0 Å². The summed E-state index contributed by atoms with van der Waals surface area (Å²) >= 11 is 11.9. The van der Waals surface area contributed by atoms with E-state index in [1.807, 2.05) is 19.9 Å². The molecule has 0 atom stereocenters. The zero-order valence-electron chi connectivity index (χ0n) is 11.3. The molecule has 0 saturated heterocycles. The molecular formula is C15H15Cl2NO2. The Labute approximate surface area is 128 Å². The maximum absolute atomic E-state index is 12.4. The van der Waals surface area contributed by atoms with Gasteiger partial charge >= 0.3 is 0 Å². The molecule has 106 valence electrons. The maximum atomic E-state index is 12.4. The first-order chi connectivity index (χ1) is 9.49. The number of furan rings is 1. The number of hydrogen-bond donors (Lipinski definition) is 0. The molecule has 0 fully saturated rings. The summed E-state index contributed by atoms with van der Waals surface area (Å²) in [6, 6.07) is 8.77. The molecule has 2 rings (SSSR count). The molecule has 0 N–H and O–H groups in total. The lowest BCUT2D eigenvalue weighted by molar-refractivity contribution is 0.0657. The molecule has 1 aromatic carbocycles. The smallest absolute Gasteiger partial charge is 0.290 e. The van der Waals surface area contributed by atoms with Crippen molar-refractivity contribution in [3.63, 3.8) is 0 Å². The van der Waals surface area contributed by atoms with E-state index < -0.39 is 0 Å². The topological polar surface area (TPSA) is 33.5 Å². The van der Waals surface area contributed by atoms with Gasteiger partial charge in [-0.15, -0.1) is 0 Å². The molecular weight excluding hydrogens is 297 g/mol. The second kappa shape index (κ2) is 6.33. The number of benzene rings is 1. The molecule has 0 spiro atoms. The van der Waals surface area contributed by atoms with Gasteiger partial charge in [0.15, 0.2) is 5.76 Å². The molecule has 1 amide bonds. The average molecular weight is 312 g/mol. The minimum Gasteiger partial charge on any atom is -0.459 e. The Kier molecular flexibility index (Phi) is 4.73. The molecule has 0 bridgehead atoms. The Morgan fingerprint density at radius 3 is 2.55 bits per heavy atom. The van der Waals surface area contributed by atoms with Gasteiger partial charge in [0, 0.05) is 12.6 Å². The van der Waals surface area contributed by atoms with Crippen molar-refractivity contribution in [1.82, 2.24) is 4.90 Å². The van der Waals surface area contributed by atoms with E-state index in [1.54, 1.807) is 29.2 Å². The number of nitrogens with zero attached hydrogens (tertiary/aromatic N) is 1. The molecule has 0 radical (unpaired) electrons. The van der Waals surface area contributed by atoms with Crippen LogP contribution in [0, 0.1) is 0 Å². The summed E-state index contributed by atoms with van der Waals surface area (Å²) in [4.78, 5) is 14.1. The number of carbonyl (C=O) groups is 1. The number of amides is 1. The Hall–Kier alpha value is -1.45. The van der Waals surface area contributed by atoms with Crippen molar-refractivity contribution in [3.8, 4) is 0 Å². The second-order valence-electron chi connectivity index (χ2n) is 4.75. The summed E-state index contributed by atoms with van der Waals surface area (Å²) in [7, 11) is 0. The molecule has 1 aromatic heterocycles. The highest BCUT2D eigenvalue weighted by atomic mass is 35.5. The van der Waals surface area contributed by atoms with Gasteiger partial charge in [-0.3, -0.25) is 4.79 Å². The molecule has 2 aromatic rings. The molecule has 0 saturated carbocycles. The largest absolute Gasteiger partial charge is 0.459 e. The van der Waals surface area contributed by atoms with Crippen LogP contribution >= 0.6 is 23.2 Å². The van der Waals surface area contributed by atoms with E-state index in [0.29, 0.717) is 22.4 Å². The third-order valence-electron chi connectivity index (χ3n) is 2.95. The standard InChI is InChI=1S/C15H15Cl2NO2/c1-10(2)18(15(19)14-4-3-7-20-14)9-11-5-6-12(16)13(17)8-11/h3-8,10H,9H2,1-2H3. The summed E-state index contributed by atoms with van der Waals surface area (Å²) in [6.45, 7) is 4.37. The first kappa shape index (κ1) is 14.9. The van der Waals surface area contributed by atoms with E-state index in [2.05, 4.69) is 0 Å². The van der Waals surface area contributed by atoms with Gasteiger partial charge in [-0.2, -0.15) is 0 Å². The molecule has 0 aliphatic heterocycles. The van der Waals surface area contributed by atoms with Crippen LogP contribution < -0.4 is 0 Å². The Morgan fingerprint density at radius 1 is 1.25 bits per heavy atom. The van der Waals surface area contributed by atoms with E-state index in [-0.39, 0.29) is 11.9 Å². The highest BCUT2D eigenvalue weighted by molar-refractivity contribution is 6.42. The van der Waals surface area contributed by atoms with Crippen LogP contribution in [0.15, 0.2) is 41.0 Å². The van der Waals surface area contributed by atoms with Gasteiger partial charge < -0.3 is 9.32 Å². The van der Waals surface area contributed by atoms with Crippen molar-refractivity contribution < 1.29 is 9.21 Å². The average Bonchev–Trinajstić information content (AvgIpc) is 2.93. The van der Waals surface area contributed by atoms with E-state index in [4.69, 9.17) is 27.6 Å². The van der Waals surface area contributed by atoms with Gasteiger partial charge in [0.05, 0.1) is 16.3 Å². The summed E-state index contributed by atoms with van der Waals surface area (Å²) in [5.74, 6) is 0.190. The van der Waals surface area contributed by atoms with Gasteiger partial charge in [-0.05, 0) is 43.7 Å². The maximum Gasteiger partial charge on any atom is 0.290 e. The Bertz CT molecular complexity index is 594. The second-order valence-corrected chi connectivity index (χ2v) is 5.57. The van der Waals surface area contributed by atoms with Crippen molar-refractivity contribution in [2.24, 2.45) is 0 Å². The van der Waals surface area contributed by atoms with Gasteiger partial charge in [0.25, 0.3) is 5.91 Å². The van der Waals surface area contributed by atoms with Crippen molar-refractivity contribution in [2.45, 2.75) is 26.4 Å². The van der Waals surface area contributed by atoms with Crippen molar-refractivity contribution in [3.05, 3.63) is 58.0 Å². The minimum atomic E-state index is -0.143. The lowest BCUT2D eigenvalue weighted by Gasteiger charge is -2.26. The van der Waals surface area contributed by atoms with E-state index >= 15 is 0 Å². The van der Waals surface area contributed by atoms with Gasteiger partial charge in [-0.1, -0.05) is 29.3 Å². The fourth-order valence-electron chi connectivity index (χ4n) is 1.87. The van der Waals surface area contributed by atoms with Crippen LogP contribution in [-0.4, -0.2) is 16.8 Å². The predicted octanol–water partition coefficient (Wildman–Crippen LogP) is 4.64. The highest BCUT2D eigenvalue weighted by Gasteiger charge is 2.21. The molecule has 0 aliphatic carbocycles. The molecule has 0 unspecified atom stereocenters. The Balaban J connectivity index is 2.21. The molecule has 1 heterocycles. The summed E-state index contributed by atoms with van der Waals surface area (Å²) in [6.07, 6.45) is 1.49. The zero-order valence-corrected chi connectivity index (χ0v) is 12.8. The van der Waals surface area contributed by atoms with E-state index in [1.165, 1.54) is 6.26 Å². The number of halogens is 2. The van der Waals surface area contributed by atoms with Crippen molar-refractivity contribution >= 4 is 29.1 Å². The zero-order chi connectivity index (χ0) is 14.7. The molecule has 0 aliphatic rings. The van der Waals surface area contributed by atoms with Crippen LogP contribution in [0.1, 0.15) is 30.0 Å². The molecule has 20 heavy (non-hydrogen) atoms. The number of rotatable bonds is 4. The first-order valence-electron chi connectivity index (χ1n) is 6.27. The van der Waals surface area contributed by atoms with Crippen LogP contribution in [0.3, 0.4) is 0 Å². The fraction of sp³-hybridized carbons (Fsp3) is 0.267. The van der Waals surface area contributed by atoms with Crippen molar-refractivity contribution in [1.29, 1.82) is 0 Å². The summed E-state index contributed by atoms with van der Waals surface area (Å²) < 4.78 is 5.17. The minimum absolute atomic E-state index is 0.0436. The predicted molar refractivity (Wildman–Crippen MR) is 80.2 cm³/mol. The number of carbonyl (C=O) groups excluding carboxylic acids is 1. The van der Waals surface area contributed by atoms with E-state index in [0.717, 1.165) is 5.56 Å². The van der Waals surface area contributed by atoms with Gasteiger partial charge in [-0.25, -0.2) is 0 Å². The lowest BCUT2D eigenvalue weighted by atomic mass is 10.1. The third kappa shape index (κ3) is 3.35. The van der Waals surface area contributed by atoms with Crippen molar-refractivity contribution in [2.75, 3.05) is 0 Å². The normalized spacial score (nSPS) is 10.8. The van der Waals surface area contributed by atoms with Crippen LogP contribution in [-0.2, 0) is 6.54 Å². The third-order valence-corrected chi connectivity index (χ3v) is 3.69. The summed E-state index contributed by atoms with van der Waals surface area (Å²) in [5, 5.41) is 0.988.